The van der Waals surface area contributed by atoms with Crippen molar-refractivity contribution in [3.8, 4) is 11.6 Å². The molecule has 1 aliphatic heterocycles. The summed E-state index contributed by atoms with van der Waals surface area (Å²) in [7, 11) is -5.57. The Hall–Kier alpha value is -3.25. The second-order valence-electron chi connectivity index (χ2n) is 12.6. The van der Waals surface area contributed by atoms with Crippen LogP contribution in [0.2, 0.25) is 28.2 Å². The van der Waals surface area contributed by atoms with Gasteiger partial charge in [-0.05, 0) is 37.2 Å². The van der Waals surface area contributed by atoms with Crippen molar-refractivity contribution in [3.05, 3.63) is 58.9 Å². The van der Waals surface area contributed by atoms with E-state index in [0.29, 0.717) is 58.5 Å². The number of carbonyl (C=O) groups is 1. The largest absolute Gasteiger partial charge is 0.462 e. The number of fused-ring (bicyclic) bond motifs is 1. The third-order valence-electron chi connectivity index (χ3n) is 7.67. The molecule has 47 heavy (non-hydrogen) atoms. The molecule has 1 amide bonds. The van der Waals surface area contributed by atoms with Gasteiger partial charge in [-0.3, -0.25) is 19.2 Å². The Morgan fingerprint density at radius 1 is 1.11 bits per heavy atom. The lowest BCUT2D eigenvalue weighted by molar-refractivity contribution is -0.125. The average Bonchev–Trinajstić information content (AvgIpc) is 3.35. The van der Waals surface area contributed by atoms with Crippen LogP contribution in [0, 0.1) is 6.92 Å². The summed E-state index contributed by atoms with van der Waals surface area (Å²) in [6.07, 6.45) is 5.93. The highest BCUT2D eigenvalue weighted by molar-refractivity contribution is 7.85. The van der Waals surface area contributed by atoms with Crippen molar-refractivity contribution >= 4 is 64.4 Å². The molecule has 1 atom stereocenters. The fourth-order valence-corrected chi connectivity index (χ4v) is 6.21. The molecule has 1 unspecified atom stereocenters. The molecule has 0 bridgehead atoms. The van der Waals surface area contributed by atoms with Gasteiger partial charge in [0.1, 0.15) is 17.4 Å². The number of ether oxygens (including phenoxy) is 1. The van der Waals surface area contributed by atoms with Crippen molar-refractivity contribution in [2.75, 3.05) is 31.2 Å². The van der Waals surface area contributed by atoms with Crippen LogP contribution in [0.25, 0.3) is 16.7 Å². The maximum Gasteiger partial charge on any atom is 0.268 e. The van der Waals surface area contributed by atoms with Gasteiger partial charge in [-0.25, -0.2) is 19.6 Å². The van der Waals surface area contributed by atoms with Crippen LogP contribution in [-0.2, 0) is 19.3 Å². The second-order valence-corrected chi connectivity index (χ2v) is 19.7. The van der Waals surface area contributed by atoms with E-state index in [2.05, 4.69) is 69.1 Å². The molecule has 4 heterocycles. The number of aromatic nitrogens is 6. The number of nitrogens with one attached hydrogen (secondary N) is 1. The molecule has 0 saturated carbocycles. The summed E-state index contributed by atoms with van der Waals surface area (Å²) in [6.45, 7) is 14.7. The lowest BCUT2D eigenvalue weighted by Crippen LogP contribution is -2.60. The van der Waals surface area contributed by atoms with Crippen LogP contribution in [0.4, 0.5) is 5.82 Å². The Balaban J connectivity index is 0.000000930. The smallest absolute Gasteiger partial charge is 0.268 e. The number of hydrogen-bond acceptors (Lipinski definition) is 11. The minimum Gasteiger partial charge on any atom is -0.462 e. The van der Waals surface area contributed by atoms with E-state index in [0.717, 1.165) is 5.69 Å². The SMILES string of the molecule is CS(=O)(=O)O.Cc1cnc(NC(=O)C(CN2CC(O[Si](C)(C)C(C)(C)C)C2)Oc2ncnc3c2cnn3-c2c(Cl)cccc2Cl)cn1. The van der Waals surface area contributed by atoms with Crippen LogP contribution < -0.4 is 10.1 Å². The molecular weight excluding hydrogens is 687 g/mol. The minimum absolute atomic E-state index is 0.113. The zero-order valence-corrected chi connectivity index (χ0v) is 30.4. The highest BCUT2D eigenvalue weighted by Gasteiger charge is 2.42. The molecule has 3 aromatic heterocycles. The van der Waals surface area contributed by atoms with Crippen LogP contribution >= 0.6 is 23.2 Å². The Labute approximate surface area is 284 Å². The standard InChI is InChI=1S/C28H34Cl2N8O3Si.CH4O3S/c1-17-10-32-23(12-31-17)36-26(39)22(15-37-13-18(14-37)41-42(5,6)28(2,3)4)40-27-19-11-35-38(25(19)33-16-34-27)24-20(29)8-7-9-21(24)30;1-5(2,3)4/h7-12,16,18,22H,13-15H2,1-6H3,(H,32,36,39);1H3,(H,2,3,4). The zero-order chi connectivity index (χ0) is 34.7. The van der Waals surface area contributed by atoms with Gasteiger partial charge in [0.15, 0.2) is 25.9 Å². The quantitative estimate of drug-likeness (QED) is 0.178. The normalized spacial score (nSPS) is 15.0. The molecule has 2 N–H and O–H groups in total. The predicted molar refractivity (Wildman–Crippen MR) is 182 cm³/mol. The van der Waals surface area contributed by atoms with E-state index < -0.39 is 24.5 Å². The highest BCUT2D eigenvalue weighted by Crippen LogP contribution is 2.38. The highest BCUT2D eigenvalue weighted by atomic mass is 35.5. The number of aryl methyl sites for hydroxylation is 1. The van der Waals surface area contributed by atoms with E-state index in [4.69, 9.17) is 36.9 Å². The van der Waals surface area contributed by atoms with Gasteiger partial charge in [0.25, 0.3) is 16.0 Å². The Morgan fingerprint density at radius 2 is 1.74 bits per heavy atom. The van der Waals surface area contributed by atoms with Crippen molar-refractivity contribution in [2.45, 2.75) is 58.0 Å². The fraction of sp³-hybridized carbons (Fsp3) is 0.448. The lowest BCUT2D eigenvalue weighted by atomic mass is 10.1. The number of nitrogens with zero attached hydrogens (tertiary/aromatic N) is 7. The first-order chi connectivity index (χ1) is 21.8. The summed E-state index contributed by atoms with van der Waals surface area (Å²) in [5.74, 6) is 0.158. The maximum atomic E-state index is 13.5. The van der Waals surface area contributed by atoms with E-state index in [-0.39, 0.29) is 22.9 Å². The number of amides is 1. The first-order valence-corrected chi connectivity index (χ1v) is 20.1. The van der Waals surface area contributed by atoms with Crippen molar-refractivity contribution < 1.29 is 26.9 Å². The van der Waals surface area contributed by atoms with E-state index >= 15 is 0 Å². The molecule has 1 aromatic carbocycles. The van der Waals surface area contributed by atoms with Crippen molar-refractivity contribution in [2.24, 2.45) is 0 Å². The summed E-state index contributed by atoms with van der Waals surface area (Å²) in [6, 6.07) is 5.19. The number of likely N-dealkylation sites (tertiary alicyclic amines) is 1. The molecule has 18 heteroatoms. The first-order valence-electron chi connectivity index (χ1n) is 14.5. The minimum atomic E-state index is -3.67. The van der Waals surface area contributed by atoms with Crippen molar-refractivity contribution in [3.63, 3.8) is 0 Å². The molecule has 1 saturated heterocycles. The Kier molecular flexibility index (Phi) is 11.3. The van der Waals surface area contributed by atoms with Gasteiger partial charge < -0.3 is 14.5 Å². The van der Waals surface area contributed by atoms with Crippen molar-refractivity contribution in [1.82, 2.24) is 34.6 Å². The fourth-order valence-electron chi connectivity index (χ4n) is 4.32. The molecule has 0 radical (unpaired) electrons. The zero-order valence-electron chi connectivity index (χ0n) is 27.1. The number of anilines is 1. The molecule has 0 aliphatic carbocycles. The van der Waals surface area contributed by atoms with Crippen LogP contribution in [0.15, 0.2) is 43.1 Å². The third kappa shape index (κ3) is 9.65. The summed E-state index contributed by atoms with van der Waals surface area (Å²) < 4.78 is 40.2. The van der Waals surface area contributed by atoms with Crippen LogP contribution in [0.5, 0.6) is 5.88 Å². The number of halogens is 2. The van der Waals surface area contributed by atoms with E-state index in [1.54, 1.807) is 30.6 Å². The molecule has 1 aliphatic rings. The van der Waals surface area contributed by atoms with Gasteiger partial charge in [-0.2, -0.15) is 13.5 Å². The molecule has 4 aromatic rings. The summed E-state index contributed by atoms with van der Waals surface area (Å²) in [5, 5.41) is 8.72. The molecule has 0 spiro atoms. The average molecular weight is 726 g/mol. The lowest BCUT2D eigenvalue weighted by Gasteiger charge is -2.46. The summed E-state index contributed by atoms with van der Waals surface area (Å²) in [5.41, 5.74) is 1.67. The van der Waals surface area contributed by atoms with Gasteiger partial charge in [0.2, 0.25) is 5.88 Å². The second kappa shape index (κ2) is 14.5. The molecule has 1 fully saturated rings. The molecule has 14 nitrogen and oxygen atoms in total. The first kappa shape index (κ1) is 36.6. The number of benzene rings is 1. The predicted octanol–water partition coefficient (Wildman–Crippen LogP) is 4.82. The summed E-state index contributed by atoms with van der Waals surface area (Å²) >= 11 is 12.9. The van der Waals surface area contributed by atoms with Crippen LogP contribution in [-0.4, -0.2) is 99.9 Å². The maximum absolute atomic E-state index is 13.5. The Bertz CT molecular complexity index is 1800. The number of rotatable bonds is 9. The van der Waals surface area contributed by atoms with Gasteiger partial charge in [0.05, 0.1) is 46.7 Å². The van der Waals surface area contributed by atoms with Crippen molar-refractivity contribution in [1.29, 1.82) is 0 Å². The molecule has 5 rings (SSSR count). The van der Waals surface area contributed by atoms with E-state index in [1.165, 1.54) is 17.2 Å². The van der Waals surface area contributed by atoms with E-state index in [9.17, 15) is 13.2 Å². The van der Waals surface area contributed by atoms with Crippen LogP contribution in [0.3, 0.4) is 0 Å². The molecular formula is C29H38Cl2N8O6SSi. The number of para-hydroxylation sites is 1. The monoisotopic (exact) mass is 724 g/mol. The van der Waals surface area contributed by atoms with Gasteiger partial charge in [-0.1, -0.05) is 50.0 Å². The third-order valence-corrected chi connectivity index (χ3v) is 12.8. The van der Waals surface area contributed by atoms with Crippen LogP contribution in [0.1, 0.15) is 26.5 Å². The Morgan fingerprint density at radius 3 is 2.32 bits per heavy atom. The summed E-state index contributed by atoms with van der Waals surface area (Å²) in [4.78, 5) is 32.9. The van der Waals surface area contributed by atoms with Gasteiger partial charge in [0, 0.05) is 19.6 Å². The van der Waals surface area contributed by atoms with Gasteiger partial charge >= 0.3 is 0 Å². The molecule has 254 valence electrons. The topological polar surface area (TPSA) is 175 Å². The number of carbonyl (C=O) groups excluding carboxylic acids is 1. The van der Waals surface area contributed by atoms with E-state index in [1.807, 2.05) is 6.92 Å². The number of hydrogen-bond donors (Lipinski definition) is 2. The van der Waals surface area contributed by atoms with Gasteiger partial charge in [-0.15, -0.1) is 0 Å².